The number of aliphatic hydroxyl groups excluding tert-OH is 1. The summed E-state index contributed by atoms with van der Waals surface area (Å²) >= 11 is 0. The second-order valence-corrected chi connectivity index (χ2v) is 7.29. The minimum atomic E-state index is -0.752. The highest BCUT2D eigenvalue weighted by Crippen LogP contribution is 2.22. The third kappa shape index (κ3) is 4.54. The van der Waals surface area contributed by atoms with E-state index in [2.05, 4.69) is 21.7 Å². The second kappa shape index (κ2) is 8.39. The number of likely N-dealkylation sites (N-methyl/N-ethyl adjacent to an activating group) is 1. The maximum Gasteiger partial charge on any atom is 0.129 e. The van der Waals surface area contributed by atoms with Gasteiger partial charge in [-0.15, -0.1) is 0 Å². The number of piperazine rings is 1. The Kier molecular flexibility index (Phi) is 6.22. The molecule has 0 saturated carbocycles. The van der Waals surface area contributed by atoms with E-state index in [4.69, 9.17) is 0 Å². The Morgan fingerprint density at radius 1 is 1.12 bits per heavy atom. The highest BCUT2D eigenvalue weighted by Gasteiger charge is 2.27. The first-order chi connectivity index (χ1) is 11.6. The molecule has 1 aromatic carbocycles. The largest absolute Gasteiger partial charge is 0.387 e. The van der Waals surface area contributed by atoms with E-state index < -0.39 is 6.10 Å². The van der Waals surface area contributed by atoms with Gasteiger partial charge in [-0.2, -0.15) is 0 Å². The molecule has 0 aliphatic carbocycles. The molecule has 4 nitrogen and oxygen atoms in total. The number of nitrogens with zero attached hydrogens (tertiary/aromatic N) is 3. The molecule has 0 spiro atoms. The van der Waals surface area contributed by atoms with Crippen LogP contribution < -0.4 is 0 Å². The molecular formula is C19H30FN3O. The van der Waals surface area contributed by atoms with Gasteiger partial charge >= 0.3 is 0 Å². The Bertz CT molecular complexity index is 519. The maximum atomic E-state index is 13.9. The topological polar surface area (TPSA) is 30.0 Å². The summed E-state index contributed by atoms with van der Waals surface area (Å²) in [5, 5.41) is 10.5. The standard InChI is InChI=1S/C19H30FN3O/c1-21-10-12-23(13-11-21)16-6-4-5-9-22(14-16)15-19(24)17-7-2-3-8-18(17)20/h2-3,7-8,16,19,24H,4-6,9-15H2,1H3. The van der Waals surface area contributed by atoms with Gasteiger partial charge in [0.05, 0.1) is 6.10 Å². The molecule has 1 aromatic rings. The molecule has 1 N–H and O–H groups in total. The van der Waals surface area contributed by atoms with Crippen LogP contribution in [0.1, 0.15) is 30.9 Å². The third-order valence-electron chi connectivity index (χ3n) is 5.48. The average molecular weight is 335 g/mol. The number of hydrogen-bond acceptors (Lipinski definition) is 4. The van der Waals surface area contributed by atoms with Crippen molar-refractivity contribution in [2.75, 3.05) is 52.9 Å². The van der Waals surface area contributed by atoms with Gasteiger partial charge in [-0.1, -0.05) is 24.6 Å². The molecule has 3 rings (SSSR count). The number of rotatable bonds is 4. The van der Waals surface area contributed by atoms with Crippen molar-refractivity contribution in [3.05, 3.63) is 35.6 Å². The molecule has 2 saturated heterocycles. The maximum absolute atomic E-state index is 13.9. The Balaban J connectivity index is 1.59. The monoisotopic (exact) mass is 335 g/mol. The van der Waals surface area contributed by atoms with Gasteiger partial charge in [0.25, 0.3) is 0 Å². The summed E-state index contributed by atoms with van der Waals surface area (Å²) in [6.45, 7) is 7.02. The van der Waals surface area contributed by atoms with Crippen molar-refractivity contribution in [1.29, 1.82) is 0 Å². The van der Waals surface area contributed by atoms with Crippen LogP contribution in [0.25, 0.3) is 0 Å². The van der Waals surface area contributed by atoms with Crippen LogP contribution >= 0.6 is 0 Å². The SMILES string of the molecule is CN1CCN(C2CCCCN(CC(O)c3ccccc3F)C2)CC1. The van der Waals surface area contributed by atoms with Gasteiger partial charge < -0.3 is 10.0 Å². The normalized spacial score (nSPS) is 26.2. The summed E-state index contributed by atoms with van der Waals surface area (Å²) in [5.74, 6) is -0.310. The summed E-state index contributed by atoms with van der Waals surface area (Å²) < 4.78 is 13.9. The number of hydrogen-bond donors (Lipinski definition) is 1. The molecule has 2 heterocycles. The molecule has 2 fully saturated rings. The number of β-amino-alcohol motifs (C(OH)–C–C–N with tert-alkyl or cyclic N) is 1. The highest BCUT2D eigenvalue weighted by molar-refractivity contribution is 5.20. The first-order valence-corrected chi connectivity index (χ1v) is 9.21. The van der Waals surface area contributed by atoms with Crippen LogP contribution in [0.4, 0.5) is 4.39 Å². The number of aliphatic hydroxyl groups is 1. The van der Waals surface area contributed by atoms with Gasteiger partial charge in [0.1, 0.15) is 5.82 Å². The second-order valence-electron chi connectivity index (χ2n) is 7.29. The summed E-state index contributed by atoms with van der Waals surface area (Å²) in [7, 11) is 2.18. The summed E-state index contributed by atoms with van der Waals surface area (Å²) in [6.07, 6.45) is 2.88. The molecule has 5 heteroatoms. The fraction of sp³-hybridized carbons (Fsp3) is 0.684. The molecule has 0 bridgehead atoms. The molecule has 0 radical (unpaired) electrons. The molecule has 0 aromatic heterocycles. The van der Waals surface area contributed by atoms with E-state index >= 15 is 0 Å². The summed E-state index contributed by atoms with van der Waals surface area (Å²) in [6, 6.07) is 7.14. The van der Waals surface area contributed by atoms with Crippen molar-refractivity contribution < 1.29 is 9.50 Å². The molecule has 2 aliphatic heterocycles. The zero-order chi connectivity index (χ0) is 16.9. The predicted molar refractivity (Wildman–Crippen MR) is 94.5 cm³/mol. The Morgan fingerprint density at radius 3 is 2.62 bits per heavy atom. The van der Waals surface area contributed by atoms with Crippen LogP contribution in [0.5, 0.6) is 0 Å². The molecular weight excluding hydrogens is 305 g/mol. The number of likely N-dealkylation sites (tertiary alicyclic amines) is 1. The van der Waals surface area contributed by atoms with Crippen LogP contribution in [0.2, 0.25) is 0 Å². The summed E-state index contributed by atoms with van der Waals surface area (Å²) in [5.41, 5.74) is 0.415. The molecule has 2 atom stereocenters. The zero-order valence-corrected chi connectivity index (χ0v) is 14.7. The first-order valence-electron chi connectivity index (χ1n) is 9.21. The van der Waals surface area contributed by atoms with Crippen molar-refractivity contribution in [2.45, 2.75) is 31.4 Å². The van der Waals surface area contributed by atoms with E-state index in [0.717, 1.165) is 45.7 Å². The minimum absolute atomic E-state index is 0.310. The molecule has 24 heavy (non-hydrogen) atoms. The van der Waals surface area contributed by atoms with Crippen molar-refractivity contribution >= 4 is 0 Å². The minimum Gasteiger partial charge on any atom is -0.387 e. The zero-order valence-electron chi connectivity index (χ0n) is 14.7. The van der Waals surface area contributed by atoms with Crippen LogP contribution in [0.3, 0.4) is 0 Å². The predicted octanol–water partition coefficient (Wildman–Crippen LogP) is 1.96. The first kappa shape index (κ1) is 17.8. The van der Waals surface area contributed by atoms with Crippen molar-refractivity contribution in [3.8, 4) is 0 Å². The Labute approximate surface area is 144 Å². The smallest absolute Gasteiger partial charge is 0.129 e. The van der Waals surface area contributed by atoms with Crippen molar-refractivity contribution in [1.82, 2.24) is 14.7 Å². The highest BCUT2D eigenvalue weighted by atomic mass is 19.1. The van der Waals surface area contributed by atoms with E-state index in [1.165, 1.54) is 18.9 Å². The average Bonchev–Trinajstić information content (AvgIpc) is 2.81. The molecule has 2 unspecified atom stereocenters. The van der Waals surface area contributed by atoms with E-state index in [1.807, 2.05) is 0 Å². The van der Waals surface area contributed by atoms with E-state index in [1.54, 1.807) is 18.2 Å². The van der Waals surface area contributed by atoms with Gasteiger partial charge in [0.2, 0.25) is 0 Å². The fourth-order valence-electron chi connectivity index (χ4n) is 3.94. The van der Waals surface area contributed by atoms with Gasteiger partial charge in [0, 0.05) is 50.9 Å². The van der Waals surface area contributed by atoms with E-state index in [0.29, 0.717) is 18.2 Å². The molecule has 134 valence electrons. The number of benzene rings is 1. The van der Waals surface area contributed by atoms with Crippen molar-refractivity contribution in [3.63, 3.8) is 0 Å². The lowest BCUT2D eigenvalue weighted by atomic mass is 10.1. The van der Waals surface area contributed by atoms with E-state index in [9.17, 15) is 9.50 Å². The lowest BCUT2D eigenvalue weighted by Gasteiger charge is -2.39. The quantitative estimate of drug-likeness (QED) is 0.911. The molecule has 0 amide bonds. The van der Waals surface area contributed by atoms with Crippen molar-refractivity contribution in [2.24, 2.45) is 0 Å². The van der Waals surface area contributed by atoms with Crippen LogP contribution in [0, 0.1) is 5.82 Å². The molecule has 2 aliphatic rings. The van der Waals surface area contributed by atoms with Gasteiger partial charge in [-0.05, 0) is 32.5 Å². The third-order valence-corrected chi connectivity index (χ3v) is 5.48. The lowest BCUT2D eigenvalue weighted by molar-refractivity contribution is 0.0673. The van der Waals surface area contributed by atoms with Crippen LogP contribution in [-0.4, -0.2) is 78.7 Å². The fourth-order valence-corrected chi connectivity index (χ4v) is 3.94. The van der Waals surface area contributed by atoms with Crippen LogP contribution in [-0.2, 0) is 0 Å². The van der Waals surface area contributed by atoms with Gasteiger partial charge in [-0.3, -0.25) is 9.80 Å². The van der Waals surface area contributed by atoms with Gasteiger partial charge in [-0.25, -0.2) is 4.39 Å². The number of halogens is 1. The summed E-state index contributed by atoms with van der Waals surface area (Å²) in [4.78, 5) is 7.31. The van der Waals surface area contributed by atoms with E-state index in [-0.39, 0.29) is 5.82 Å². The Morgan fingerprint density at radius 2 is 1.88 bits per heavy atom. The van der Waals surface area contributed by atoms with Crippen LogP contribution in [0.15, 0.2) is 24.3 Å². The van der Waals surface area contributed by atoms with Gasteiger partial charge in [0.15, 0.2) is 0 Å². The lowest BCUT2D eigenvalue weighted by Crippen LogP contribution is -2.52. The Hall–Kier alpha value is -1.01.